The fraction of sp³-hybridized carbons (Fsp3) is 0.421. The maximum atomic E-state index is 11.9. The summed E-state index contributed by atoms with van der Waals surface area (Å²) in [4.78, 5) is 16.8. The molecular formula is C19H25N3O2. The van der Waals surface area contributed by atoms with Crippen LogP contribution < -0.4 is 10.2 Å². The second-order valence-electron chi connectivity index (χ2n) is 6.30. The van der Waals surface area contributed by atoms with Crippen molar-refractivity contribution in [1.82, 2.24) is 10.2 Å². The van der Waals surface area contributed by atoms with E-state index in [0.717, 1.165) is 39.1 Å². The quantitative estimate of drug-likeness (QED) is 0.886. The molecule has 1 aromatic carbocycles. The van der Waals surface area contributed by atoms with Gasteiger partial charge in [-0.25, -0.2) is 0 Å². The molecule has 1 aliphatic rings. The molecule has 0 unspecified atom stereocenters. The zero-order valence-electron chi connectivity index (χ0n) is 14.1. The summed E-state index contributed by atoms with van der Waals surface area (Å²) in [6.07, 6.45) is 2.46. The molecule has 0 radical (unpaired) electrons. The number of amides is 1. The van der Waals surface area contributed by atoms with E-state index in [9.17, 15) is 4.79 Å². The van der Waals surface area contributed by atoms with E-state index in [2.05, 4.69) is 45.4 Å². The summed E-state index contributed by atoms with van der Waals surface area (Å²) >= 11 is 0. The zero-order valence-corrected chi connectivity index (χ0v) is 14.1. The van der Waals surface area contributed by atoms with Gasteiger partial charge in [0.1, 0.15) is 0 Å². The van der Waals surface area contributed by atoms with E-state index in [4.69, 9.17) is 4.42 Å². The van der Waals surface area contributed by atoms with Crippen LogP contribution >= 0.6 is 0 Å². The van der Waals surface area contributed by atoms with E-state index in [1.165, 1.54) is 12.0 Å². The van der Waals surface area contributed by atoms with E-state index >= 15 is 0 Å². The largest absolute Gasteiger partial charge is 0.459 e. The molecule has 1 fully saturated rings. The highest BCUT2D eigenvalue weighted by Crippen LogP contribution is 2.15. The smallest absolute Gasteiger partial charge is 0.287 e. The summed E-state index contributed by atoms with van der Waals surface area (Å²) in [6.45, 7) is 7.28. The van der Waals surface area contributed by atoms with Crippen LogP contribution in [0.1, 0.15) is 23.9 Å². The second-order valence-corrected chi connectivity index (χ2v) is 6.30. The third-order valence-electron chi connectivity index (χ3n) is 4.49. The third-order valence-corrected chi connectivity index (χ3v) is 4.49. The van der Waals surface area contributed by atoms with Crippen LogP contribution in [0.15, 0.2) is 53.1 Å². The van der Waals surface area contributed by atoms with E-state index < -0.39 is 0 Å². The fourth-order valence-electron chi connectivity index (χ4n) is 3.02. The van der Waals surface area contributed by atoms with Gasteiger partial charge in [0.25, 0.3) is 5.91 Å². The van der Waals surface area contributed by atoms with E-state index in [1.807, 2.05) is 6.92 Å². The number of rotatable bonds is 6. The normalized spacial score (nSPS) is 16.8. The van der Waals surface area contributed by atoms with E-state index in [-0.39, 0.29) is 11.9 Å². The van der Waals surface area contributed by atoms with Gasteiger partial charge < -0.3 is 14.6 Å². The maximum absolute atomic E-state index is 11.9. The van der Waals surface area contributed by atoms with Crippen molar-refractivity contribution < 1.29 is 9.21 Å². The Labute approximate surface area is 143 Å². The summed E-state index contributed by atoms with van der Waals surface area (Å²) in [6, 6.07) is 14.1. The van der Waals surface area contributed by atoms with E-state index in [1.54, 1.807) is 12.1 Å². The van der Waals surface area contributed by atoms with Crippen LogP contribution in [0.3, 0.4) is 0 Å². The summed E-state index contributed by atoms with van der Waals surface area (Å²) in [5.74, 6) is 0.236. The Morgan fingerprint density at radius 3 is 2.54 bits per heavy atom. The Balaban J connectivity index is 1.38. The van der Waals surface area contributed by atoms with Crippen molar-refractivity contribution in [2.75, 3.05) is 37.6 Å². The minimum Gasteiger partial charge on any atom is -0.459 e. The van der Waals surface area contributed by atoms with Gasteiger partial charge in [-0.3, -0.25) is 9.69 Å². The summed E-state index contributed by atoms with van der Waals surface area (Å²) < 4.78 is 5.12. The number of nitrogens with zero attached hydrogens (tertiary/aromatic N) is 2. The molecule has 0 saturated carbocycles. The van der Waals surface area contributed by atoms with Gasteiger partial charge in [-0.05, 0) is 37.6 Å². The van der Waals surface area contributed by atoms with Crippen molar-refractivity contribution in [2.24, 2.45) is 0 Å². The number of carbonyl (C=O) groups is 1. The van der Waals surface area contributed by atoms with Crippen LogP contribution in [0.5, 0.6) is 0 Å². The summed E-state index contributed by atoms with van der Waals surface area (Å²) in [7, 11) is 0. The van der Waals surface area contributed by atoms with Gasteiger partial charge in [-0.15, -0.1) is 0 Å². The van der Waals surface area contributed by atoms with Crippen molar-refractivity contribution in [1.29, 1.82) is 0 Å². The predicted octanol–water partition coefficient (Wildman–Crippen LogP) is 2.61. The lowest BCUT2D eigenvalue weighted by atomic mass is 10.2. The van der Waals surface area contributed by atoms with Crippen molar-refractivity contribution in [3.63, 3.8) is 0 Å². The molecule has 1 amide bonds. The first-order valence-corrected chi connectivity index (χ1v) is 8.59. The molecule has 5 heteroatoms. The summed E-state index contributed by atoms with van der Waals surface area (Å²) in [5, 5.41) is 2.99. The van der Waals surface area contributed by atoms with Gasteiger partial charge in [0.15, 0.2) is 5.76 Å². The van der Waals surface area contributed by atoms with Gasteiger partial charge in [-0.1, -0.05) is 18.2 Å². The Bertz CT molecular complexity index is 619. The lowest BCUT2D eigenvalue weighted by Crippen LogP contribution is -2.47. The first-order chi connectivity index (χ1) is 11.7. The van der Waals surface area contributed by atoms with Crippen LogP contribution in [-0.2, 0) is 0 Å². The number of furan rings is 1. The lowest BCUT2D eigenvalue weighted by molar-refractivity contribution is 0.0907. The number of anilines is 1. The van der Waals surface area contributed by atoms with Gasteiger partial charge in [-0.2, -0.15) is 0 Å². The van der Waals surface area contributed by atoms with Gasteiger partial charge in [0.05, 0.1) is 6.26 Å². The molecule has 1 atom stereocenters. The number of nitrogens with one attached hydrogen (secondary N) is 1. The highest BCUT2D eigenvalue weighted by molar-refractivity contribution is 5.91. The molecule has 2 aromatic rings. The number of piperazine rings is 1. The molecule has 1 aliphatic heterocycles. The zero-order chi connectivity index (χ0) is 16.8. The Morgan fingerprint density at radius 2 is 1.88 bits per heavy atom. The monoisotopic (exact) mass is 327 g/mol. The molecule has 1 aromatic heterocycles. The Hall–Kier alpha value is -2.27. The van der Waals surface area contributed by atoms with Crippen molar-refractivity contribution >= 4 is 11.6 Å². The topological polar surface area (TPSA) is 48.7 Å². The molecule has 5 nitrogen and oxygen atoms in total. The molecule has 2 heterocycles. The van der Waals surface area contributed by atoms with Crippen molar-refractivity contribution in [3.05, 3.63) is 54.5 Å². The standard InChI is InChI=1S/C19H25N3O2/c1-16(20-19(23)18-8-5-15-24-18)9-10-21-11-13-22(14-12-21)17-6-3-2-4-7-17/h2-8,15-16H,9-14H2,1H3,(H,20,23)/t16-/m1/s1. The number of hydrogen-bond acceptors (Lipinski definition) is 4. The predicted molar refractivity (Wildman–Crippen MR) is 95.3 cm³/mol. The minimum absolute atomic E-state index is 0.134. The van der Waals surface area contributed by atoms with Crippen LogP contribution in [-0.4, -0.2) is 49.6 Å². The summed E-state index contributed by atoms with van der Waals surface area (Å²) in [5.41, 5.74) is 1.30. The molecule has 1 saturated heterocycles. The molecule has 1 N–H and O–H groups in total. The average Bonchev–Trinajstić information content (AvgIpc) is 3.16. The highest BCUT2D eigenvalue weighted by atomic mass is 16.3. The second kappa shape index (κ2) is 8.02. The van der Waals surface area contributed by atoms with Crippen molar-refractivity contribution in [2.45, 2.75) is 19.4 Å². The van der Waals surface area contributed by atoms with Crippen LogP contribution in [0.2, 0.25) is 0 Å². The number of para-hydroxylation sites is 1. The maximum Gasteiger partial charge on any atom is 0.287 e. The average molecular weight is 327 g/mol. The van der Waals surface area contributed by atoms with E-state index in [0.29, 0.717) is 5.76 Å². The fourth-order valence-corrected chi connectivity index (χ4v) is 3.02. The van der Waals surface area contributed by atoms with Gasteiger partial charge in [0, 0.05) is 44.5 Å². The first kappa shape index (κ1) is 16.6. The molecule has 128 valence electrons. The minimum atomic E-state index is -0.138. The molecular weight excluding hydrogens is 302 g/mol. The van der Waals surface area contributed by atoms with Crippen LogP contribution in [0, 0.1) is 0 Å². The number of carbonyl (C=O) groups excluding carboxylic acids is 1. The third kappa shape index (κ3) is 4.38. The molecule has 0 spiro atoms. The Kier molecular flexibility index (Phi) is 5.54. The highest BCUT2D eigenvalue weighted by Gasteiger charge is 2.18. The SMILES string of the molecule is C[C@H](CCN1CCN(c2ccccc2)CC1)NC(=O)c1ccco1. The molecule has 0 aliphatic carbocycles. The van der Waals surface area contributed by atoms with Gasteiger partial charge >= 0.3 is 0 Å². The van der Waals surface area contributed by atoms with Crippen LogP contribution in [0.25, 0.3) is 0 Å². The van der Waals surface area contributed by atoms with Crippen LogP contribution in [0.4, 0.5) is 5.69 Å². The molecule has 24 heavy (non-hydrogen) atoms. The number of hydrogen-bond donors (Lipinski definition) is 1. The van der Waals surface area contributed by atoms with Crippen molar-refractivity contribution in [3.8, 4) is 0 Å². The first-order valence-electron chi connectivity index (χ1n) is 8.59. The van der Waals surface area contributed by atoms with Gasteiger partial charge in [0.2, 0.25) is 0 Å². The molecule has 3 rings (SSSR count). The number of benzene rings is 1. The molecule has 0 bridgehead atoms. The Morgan fingerprint density at radius 1 is 1.12 bits per heavy atom. The lowest BCUT2D eigenvalue weighted by Gasteiger charge is -2.36.